The maximum Gasteiger partial charge on any atom is 0.271 e. The largest absolute Gasteiger partial charge is 0.495 e. The van der Waals surface area contributed by atoms with Crippen LogP contribution in [0.3, 0.4) is 0 Å². The van der Waals surface area contributed by atoms with E-state index in [0.29, 0.717) is 22.1 Å². The summed E-state index contributed by atoms with van der Waals surface area (Å²) in [5.41, 5.74) is 2.61. The molecule has 10 heteroatoms. The van der Waals surface area contributed by atoms with Crippen LogP contribution >= 0.6 is 34.7 Å². The van der Waals surface area contributed by atoms with Gasteiger partial charge < -0.3 is 10.1 Å². The molecule has 1 unspecified atom stereocenters. The average Bonchev–Trinajstić information content (AvgIpc) is 3.42. The standard InChI is InChI=1S/C26H23ClN2O4S3/c1-17-15-22(23(33-2)16-21(17)27)28-26(30)25(18-7-4-3-5-8-18)35-20-12-10-19(11-13-20)29-36(31,32)24-9-6-14-34-24/h3-16,25,29H,1-2H3,(H,28,30). The molecule has 0 aliphatic heterocycles. The molecule has 0 spiro atoms. The number of thiophene rings is 1. The van der Waals surface area contributed by atoms with Crippen molar-refractivity contribution < 1.29 is 17.9 Å². The van der Waals surface area contributed by atoms with Crippen LogP contribution in [0.1, 0.15) is 16.4 Å². The smallest absolute Gasteiger partial charge is 0.271 e. The number of halogens is 1. The van der Waals surface area contributed by atoms with Gasteiger partial charge in [-0.2, -0.15) is 0 Å². The zero-order valence-corrected chi connectivity index (χ0v) is 22.6. The first kappa shape index (κ1) is 26.1. The third kappa shape index (κ3) is 6.22. The van der Waals surface area contributed by atoms with Gasteiger partial charge in [0.25, 0.3) is 10.0 Å². The van der Waals surface area contributed by atoms with E-state index >= 15 is 0 Å². The predicted molar refractivity (Wildman–Crippen MR) is 148 cm³/mol. The molecule has 36 heavy (non-hydrogen) atoms. The van der Waals surface area contributed by atoms with Crippen LogP contribution in [-0.4, -0.2) is 21.4 Å². The summed E-state index contributed by atoms with van der Waals surface area (Å²) < 4.78 is 33.2. The minimum Gasteiger partial charge on any atom is -0.495 e. The normalized spacial score (nSPS) is 12.1. The number of nitrogens with one attached hydrogen (secondary N) is 2. The highest BCUT2D eigenvalue weighted by Crippen LogP contribution is 2.38. The molecule has 186 valence electrons. The van der Waals surface area contributed by atoms with Gasteiger partial charge in [-0.15, -0.1) is 23.1 Å². The quantitative estimate of drug-likeness (QED) is 0.216. The van der Waals surface area contributed by atoms with E-state index in [9.17, 15) is 13.2 Å². The molecule has 0 fully saturated rings. The number of hydrogen-bond donors (Lipinski definition) is 2. The average molecular weight is 559 g/mol. The lowest BCUT2D eigenvalue weighted by molar-refractivity contribution is -0.115. The van der Waals surface area contributed by atoms with Crippen LogP contribution in [-0.2, 0) is 14.8 Å². The first-order valence-corrected chi connectivity index (χ1v) is 14.4. The fourth-order valence-electron chi connectivity index (χ4n) is 3.39. The van der Waals surface area contributed by atoms with E-state index in [1.54, 1.807) is 53.9 Å². The summed E-state index contributed by atoms with van der Waals surface area (Å²) in [5.74, 6) is 0.242. The van der Waals surface area contributed by atoms with E-state index in [2.05, 4.69) is 10.0 Å². The van der Waals surface area contributed by atoms with Gasteiger partial charge in [-0.3, -0.25) is 9.52 Å². The number of ether oxygens (including phenoxy) is 1. The summed E-state index contributed by atoms with van der Waals surface area (Å²) in [6, 6.07) is 23.1. The van der Waals surface area contributed by atoms with Gasteiger partial charge in [-0.25, -0.2) is 8.42 Å². The Balaban J connectivity index is 1.55. The number of thioether (sulfide) groups is 1. The molecule has 4 rings (SSSR count). The summed E-state index contributed by atoms with van der Waals surface area (Å²) in [6.07, 6.45) is 0. The van der Waals surface area contributed by atoms with Gasteiger partial charge in [0, 0.05) is 21.7 Å². The zero-order valence-electron chi connectivity index (χ0n) is 19.4. The molecule has 4 aromatic rings. The Morgan fingerprint density at radius 3 is 2.39 bits per heavy atom. The van der Waals surface area contributed by atoms with E-state index in [-0.39, 0.29) is 10.1 Å². The molecular formula is C26H23ClN2O4S3. The van der Waals surface area contributed by atoms with E-state index in [1.807, 2.05) is 37.3 Å². The van der Waals surface area contributed by atoms with E-state index in [1.165, 1.54) is 18.9 Å². The molecule has 2 N–H and O–H groups in total. The molecule has 0 aliphatic rings. The van der Waals surface area contributed by atoms with Crippen LogP contribution in [0.2, 0.25) is 5.02 Å². The Bertz CT molecular complexity index is 1440. The van der Waals surface area contributed by atoms with Crippen molar-refractivity contribution in [2.45, 2.75) is 21.3 Å². The van der Waals surface area contributed by atoms with Gasteiger partial charge in [-0.1, -0.05) is 48.0 Å². The lowest BCUT2D eigenvalue weighted by Crippen LogP contribution is -2.19. The van der Waals surface area contributed by atoms with E-state index in [4.69, 9.17) is 16.3 Å². The molecule has 0 radical (unpaired) electrons. The summed E-state index contributed by atoms with van der Waals surface area (Å²) in [4.78, 5) is 14.3. The molecule has 6 nitrogen and oxygen atoms in total. The maximum absolute atomic E-state index is 13.5. The predicted octanol–water partition coefficient (Wildman–Crippen LogP) is 6.99. The third-order valence-electron chi connectivity index (χ3n) is 5.20. The van der Waals surface area contributed by atoms with E-state index in [0.717, 1.165) is 27.4 Å². The Hall–Kier alpha value is -2.98. The van der Waals surface area contributed by atoms with Crippen LogP contribution in [0.25, 0.3) is 0 Å². The molecule has 1 heterocycles. The Kier molecular flexibility index (Phi) is 8.25. The second-order valence-electron chi connectivity index (χ2n) is 7.76. The molecule has 0 bridgehead atoms. The van der Waals surface area contributed by atoms with Gasteiger partial charge in [0.1, 0.15) is 15.2 Å². The summed E-state index contributed by atoms with van der Waals surface area (Å²) in [7, 11) is -2.11. The topological polar surface area (TPSA) is 84.5 Å². The van der Waals surface area contributed by atoms with Crippen LogP contribution in [0.15, 0.2) is 93.3 Å². The number of carbonyl (C=O) groups excluding carboxylic acids is 1. The first-order chi connectivity index (χ1) is 17.3. The Morgan fingerprint density at radius 1 is 1.03 bits per heavy atom. The van der Waals surface area contributed by atoms with Crippen molar-refractivity contribution in [3.8, 4) is 5.75 Å². The minimum atomic E-state index is -3.63. The second-order valence-corrected chi connectivity index (χ2v) is 12.2. The van der Waals surface area contributed by atoms with Crippen molar-refractivity contribution in [2.75, 3.05) is 17.1 Å². The number of benzene rings is 3. The number of anilines is 2. The summed E-state index contributed by atoms with van der Waals surface area (Å²) in [5, 5.41) is 4.67. The number of amides is 1. The number of aryl methyl sites for hydroxylation is 1. The fourth-order valence-corrected chi connectivity index (χ4v) is 6.62. The number of rotatable bonds is 9. The zero-order chi connectivity index (χ0) is 25.7. The van der Waals surface area contributed by atoms with Gasteiger partial charge in [0.2, 0.25) is 5.91 Å². The number of carbonyl (C=O) groups is 1. The maximum atomic E-state index is 13.5. The van der Waals surface area contributed by atoms with Gasteiger partial charge in [0.15, 0.2) is 0 Å². The summed E-state index contributed by atoms with van der Waals surface area (Å²) >= 11 is 8.72. The minimum absolute atomic E-state index is 0.228. The van der Waals surface area contributed by atoms with Crippen LogP contribution in [0.4, 0.5) is 11.4 Å². The van der Waals surface area contributed by atoms with Crippen LogP contribution < -0.4 is 14.8 Å². The molecular weight excluding hydrogens is 536 g/mol. The van der Waals surface area contributed by atoms with Gasteiger partial charge in [0.05, 0.1) is 12.8 Å². The van der Waals surface area contributed by atoms with Crippen molar-refractivity contribution in [1.82, 2.24) is 0 Å². The molecule has 1 aromatic heterocycles. The summed E-state index contributed by atoms with van der Waals surface area (Å²) in [6.45, 7) is 1.86. The van der Waals surface area contributed by atoms with Crippen molar-refractivity contribution in [3.05, 3.63) is 100 Å². The highest BCUT2D eigenvalue weighted by Gasteiger charge is 2.24. The molecule has 0 aliphatic carbocycles. The highest BCUT2D eigenvalue weighted by atomic mass is 35.5. The van der Waals surface area contributed by atoms with Gasteiger partial charge >= 0.3 is 0 Å². The van der Waals surface area contributed by atoms with Crippen molar-refractivity contribution in [3.63, 3.8) is 0 Å². The fraction of sp³-hybridized carbons (Fsp3) is 0.115. The molecule has 0 saturated carbocycles. The second kappa shape index (κ2) is 11.4. The SMILES string of the molecule is COc1cc(Cl)c(C)cc1NC(=O)C(Sc1ccc(NS(=O)(=O)c2cccs2)cc1)c1ccccc1. The number of methoxy groups -OCH3 is 1. The lowest BCUT2D eigenvalue weighted by atomic mass is 10.1. The van der Waals surface area contributed by atoms with Crippen molar-refractivity contribution in [2.24, 2.45) is 0 Å². The Labute approximate surface area is 223 Å². The molecule has 1 atom stereocenters. The van der Waals surface area contributed by atoms with Crippen LogP contribution in [0.5, 0.6) is 5.75 Å². The van der Waals surface area contributed by atoms with Crippen molar-refractivity contribution in [1.29, 1.82) is 0 Å². The lowest BCUT2D eigenvalue weighted by Gasteiger charge is -2.19. The molecule has 0 saturated heterocycles. The van der Waals surface area contributed by atoms with Crippen molar-refractivity contribution >= 4 is 62.0 Å². The monoisotopic (exact) mass is 558 g/mol. The first-order valence-electron chi connectivity index (χ1n) is 10.8. The Morgan fingerprint density at radius 2 is 1.75 bits per heavy atom. The third-order valence-corrected chi connectivity index (χ3v) is 9.65. The number of sulfonamides is 1. The van der Waals surface area contributed by atoms with Crippen LogP contribution in [0, 0.1) is 6.92 Å². The highest BCUT2D eigenvalue weighted by molar-refractivity contribution is 8.00. The molecule has 3 aromatic carbocycles. The number of hydrogen-bond acceptors (Lipinski definition) is 6. The van der Waals surface area contributed by atoms with E-state index < -0.39 is 15.3 Å². The van der Waals surface area contributed by atoms with Gasteiger partial charge in [-0.05, 0) is 59.8 Å². The molecule has 1 amide bonds.